The van der Waals surface area contributed by atoms with Gasteiger partial charge in [-0.05, 0) is 37.6 Å². The summed E-state index contributed by atoms with van der Waals surface area (Å²) in [7, 11) is 1.49. The molecule has 0 spiro atoms. The molecule has 2 aromatic rings. The highest BCUT2D eigenvalue weighted by Crippen LogP contribution is 2.27. The highest BCUT2D eigenvalue weighted by molar-refractivity contribution is 6.32. The van der Waals surface area contributed by atoms with E-state index in [0.717, 1.165) is 12.7 Å². The molecule has 0 saturated carbocycles. The Morgan fingerprint density at radius 2 is 2.13 bits per heavy atom. The van der Waals surface area contributed by atoms with Crippen LogP contribution in [0.1, 0.15) is 18.6 Å². The molecule has 0 radical (unpaired) electrons. The SMILES string of the molecule is COc1ccc(NC(=O)COc2coc(CN3CCC[C@@H]3C(N)=O)cc2=O)cc1Cl. The maximum Gasteiger partial charge on any atom is 0.262 e. The maximum atomic E-state index is 12.3. The highest BCUT2D eigenvalue weighted by atomic mass is 35.5. The van der Waals surface area contributed by atoms with Gasteiger partial charge in [-0.1, -0.05) is 11.6 Å². The molecular weight excluding hydrogens is 414 g/mol. The number of halogens is 1. The number of hydrogen-bond donors (Lipinski definition) is 2. The molecule has 1 fully saturated rings. The summed E-state index contributed by atoms with van der Waals surface area (Å²) in [5, 5.41) is 2.96. The second-order valence-electron chi connectivity index (χ2n) is 6.79. The van der Waals surface area contributed by atoms with E-state index in [0.29, 0.717) is 41.7 Å². The standard InChI is InChI=1S/C20H22ClN3O6/c1-28-17-5-4-12(7-14(17)21)23-19(26)11-30-18-10-29-13(8-16(18)25)9-24-6-2-3-15(24)20(22)27/h4-5,7-8,10,15H,2-3,6,9,11H2,1H3,(H2,22,27)(H,23,26)/t15-/m1/s1. The summed E-state index contributed by atoms with van der Waals surface area (Å²) < 4.78 is 15.8. The van der Waals surface area contributed by atoms with Crippen LogP contribution in [0.5, 0.6) is 11.5 Å². The normalized spacial score (nSPS) is 16.3. The number of benzene rings is 1. The monoisotopic (exact) mass is 435 g/mol. The minimum absolute atomic E-state index is 0.0884. The average molecular weight is 436 g/mol. The van der Waals surface area contributed by atoms with Crippen molar-refractivity contribution < 1.29 is 23.5 Å². The van der Waals surface area contributed by atoms with Gasteiger partial charge in [0.1, 0.15) is 17.8 Å². The van der Waals surface area contributed by atoms with Gasteiger partial charge < -0.3 is 24.9 Å². The van der Waals surface area contributed by atoms with E-state index in [1.807, 2.05) is 4.90 Å². The number of ether oxygens (including phenoxy) is 2. The number of primary amides is 1. The Morgan fingerprint density at radius 1 is 1.33 bits per heavy atom. The summed E-state index contributed by atoms with van der Waals surface area (Å²) in [6, 6.07) is 5.71. The molecule has 3 rings (SSSR count). The minimum Gasteiger partial charge on any atom is -0.495 e. The van der Waals surface area contributed by atoms with Crippen molar-refractivity contribution in [2.45, 2.75) is 25.4 Å². The van der Waals surface area contributed by atoms with Crippen molar-refractivity contribution in [1.82, 2.24) is 4.90 Å². The van der Waals surface area contributed by atoms with Crippen LogP contribution in [0.3, 0.4) is 0 Å². The van der Waals surface area contributed by atoms with Crippen LogP contribution in [0.4, 0.5) is 5.69 Å². The average Bonchev–Trinajstić information content (AvgIpc) is 3.16. The lowest BCUT2D eigenvalue weighted by molar-refractivity contribution is -0.122. The van der Waals surface area contributed by atoms with Gasteiger partial charge in [0.2, 0.25) is 17.1 Å². The van der Waals surface area contributed by atoms with E-state index in [1.165, 1.54) is 13.2 Å². The summed E-state index contributed by atoms with van der Waals surface area (Å²) in [5.41, 5.74) is 5.44. The lowest BCUT2D eigenvalue weighted by atomic mass is 10.2. The van der Waals surface area contributed by atoms with Gasteiger partial charge in [-0.25, -0.2) is 0 Å². The Kier molecular flexibility index (Phi) is 6.96. The van der Waals surface area contributed by atoms with Gasteiger partial charge in [-0.3, -0.25) is 19.3 Å². The molecule has 3 N–H and O–H groups in total. The topological polar surface area (TPSA) is 124 Å². The number of nitrogens with one attached hydrogen (secondary N) is 1. The molecule has 1 aliphatic rings. The van der Waals surface area contributed by atoms with E-state index >= 15 is 0 Å². The Balaban J connectivity index is 1.55. The maximum absolute atomic E-state index is 12.3. The fourth-order valence-electron chi connectivity index (χ4n) is 3.25. The van der Waals surface area contributed by atoms with Gasteiger partial charge in [0, 0.05) is 11.8 Å². The van der Waals surface area contributed by atoms with Crippen LogP contribution in [0, 0.1) is 0 Å². The Labute approximate surface area is 177 Å². The zero-order valence-corrected chi connectivity index (χ0v) is 17.1. The van der Waals surface area contributed by atoms with Crippen molar-refractivity contribution in [3.05, 3.63) is 51.5 Å². The molecule has 0 bridgehead atoms. The molecule has 1 aromatic carbocycles. The fourth-order valence-corrected chi connectivity index (χ4v) is 3.51. The van der Waals surface area contributed by atoms with Crippen LogP contribution in [-0.2, 0) is 16.1 Å². The third kappa shape index (κ3) is 5.31. The van der Waals surface area contributed by atoms with Crippen molar-refractivity contribution in [3.8, 4) is 11.5 Å². The number of carbonyl (C=O) groups excluding carboxylic acids is 2. The number of nitrogens with two attached hydrogens (primary N) is 1. The minimum atomic E-state index is -0.471. The van der Waals surface area contributed by atoms with Crippen molar-refractivity contribution in [2.24, 2.45) is 5.73 Å². The molecule has 1 saturated heterocycles. The lowest BCUT2D eigenvalue weighted by Crippen LogP contribution is -2.39. The van der Waals surface area contributed by atoms with Gasteiger partial charge >= 0.3 is 0 Å². The predicted molar refractivity (Wildman–Crippen MR) is 110 cm³/mol. The molecule has 1 atom stereocenters. The number of anilines is 1. The number of rotatable bonds is 8. The van der Waals surface area contributed by atoms with E-state index in [9.17, 15) is 14.4 Å². The van der Waals surface area contributed by atoms with Crippen molar-refractivity contribution >= 4 is 29.1 Å². The van der Waals surface area contributed by atoms with Crippen molar-refractivity contribution in [3.63, 3.8) is 0 Å². The fraction of sp³-hybridized carbons (Fsp3) is 0.350. The van der Waals surface area contributed by atoms with Gasteiger partial charge in [0.05, 0.1) is 24.7 Å². The number of methoxy groups -OCH3 is 1. The molecule has 30 heavy (non-hydrogen) atoms. The predicted octanol–water partition coefficient (Wildman–Crippen LogP) is 1.77. The van der Waals surface area contributed by atoms with E-state index in [1.54, 1.807) is 18.2 Å². The number of likely N-dealkylation sites (tertiary alicyclic amines) is 1. The smallest absolute Gasteiger partial charge is 0.262 e. The molecule has 1 aliphatic heterocycles. The molecule has 10 heteroatoms. The third-order valence-electron chi connectivity index (χ3n) is 4.70. The molecule has 1 aromatic heterocycles. The van der Waals surface area contributed by atoms with Gasteiger partial charge in [-0.2, -0.15) is 0 Å². The molecule has 2 amide bonds. The van der Waals surface area contributed by atoms with Gasteiger partial charge in [0.15, 0.2) is 6.61 Å². The van der Waals surface area contributed by atoms with Crippen LogP contribution in [0.2, 0.25) is 5.02 Å². The summed E-state index contributed by atoms with van der Waals surface area (Å²) in [5.74, 6) is -0.0768. The van der Waals surface area contributed by atoms with Crippen LogP contribution in [0.15, 0.2) is 39.7 Å². The first-order chi connectivity index (χ1) is 14.4. The first-order valence-electron chi connectivity index (χ1n) is 9.28. The van der Waals surface area contributed by atoms with Crippen LogP contribution in [-0.4, -0.2) is 43.0 Å². The second-order valence-corrected chi connectivity index (χ2v) is 7.20. The van der Waals surface area contributed by atoms with E-state index in [-0.39, 0.29) is 24.3 Å². The van der Waals surface area contributed by atoms with Crippen molar-refractivity contribution in [1.29, 1.82) is 0 Å². The van der Waals surface area contributed by atoms with E-state index in [2.05, 4.69) is 5.32 Å². The molecule has 0 unspecified atom stereocenters. The molecule has 2 heterocycles. The lowest BCUT2D eigenvalue weighted by Gasteiger charge is -2.20. The Bertz CT molecular complexity index is 993. The van der Waals surface area contributed by atoms with Crippen LogP contribution >= 0.6 is 11.6 Å². The Hall–Kier alpha value is -3.04. The molecule has 0 aliphatic carbocycles. The largest absolute Gasteiger partial charge is 0.495 e. The first-order valence-corrected chi connectivity index (χ1v) is 9.66. The Morgan fingerprint density at radius 3 is 2.80 bits per heavy atom. The summed E-state index contributed by atoms with van der Waals surface area (Å²) in [6.45, 7) is 0.608. The zero-order chi connectivity index (χ0) is 21.7. The third-order valence-corrected chi connectivity index (χ3v) is 4.99. The van der Waals surface area contributed by atoms with Gasteiger partial charge in [0.25, 0.3) is 5.91 Å². The number of hydrogen-bond acceptors (Lipinski definition) is 7. The van der Waals surface area contributed by atoms with Crippen LogP contribution in [0.25, 0.3) is 0 Å². The zero-order valence-electron chi connectivity index (χ0n) is 16.4. The summed E-state index contributed by atoms with van der Waals surface area (Å²) >= 11 is 6.02. The number of amides is 2. The number of nitrogens with zero attached hydrogens (tertiary/aromatic N) is 1. The summed E-state index contributed by atoms with van der Waals surface area (Å²) in [4.78, 5) is 37.7. The van der Waals surface area contributed by atoms with Crippen molar-refractivity contribution in [2.75, 3.05) is 25.6 Å². The quantitative estimate of drug-likeness (QED) is 0.647. The van der Waals surface area contributed by atoms with Crippen LogP contribution < -0.4 is 26.0 Å². The first kappa shape index (κ1) is 21.7. The second kappa shape index (κ2) is 9.64. The highest BCUT2D eigenvalue weighted by Gasteiger charge is 2.29. The van der Waals surface area contributed by atoms with E-state index < -0.39 is 11.3 Å². The summed E-state index contributed by atoms with van der Waals surface area (Å²) in [6.07, 6.45) is 2.70. The number of carbonyl (C=O) groups is 2. The molecular formula is C20H22ClN3O6. The van der Waals surface area contributed by atoms with Gasteiger partial charge in [-0.15, -0.1) is 0 Å². The molecule has 160 valence electrons. The molecule has 9 nitrogen and oxygen atoms in total. The van der Waals surface area contributed by atoms with E-state index in [4.69, 9.17) is 31.2 Å².